The summed E-state index contributed by atoms with van der Waals surface area (Å²) in [5.74, 6) is 0.212. The number of aryl methyl sites for hydroxylation is 1. The van der Waals surface area contributed by atoms with Crippen LogP contribution in [0.3, 0.4) is 0 Å². The number of rotatable bonds is 3. The Morgan fingerprint density at radius 1 is 1.53 bits per heavy atom. The van der Waals surface area contributed by atoms with E-state index in [0.29, 0.717) is 0 Å². The number of aromatic amines is 1. The van der Waals surface area contributed by atoms with E-state index in [2.05, 4.69) is 11.9 Å². The van der Waals surface area contributed by atoms with Gasteiger partial charge in [-0.2, -0.15) is 5.26 Å². The molecular formula is C12H16N2O. The molecule has 1 heterocycles. The highest BCUT2D eigenvalue weighted by molar-refractivity contribution is 5.42. The minimum absolute atomic E-state index is 0.212. The summed E-state index contributed by atoms with van der Waals surface area (Å²) in [4.78, 5) is 14.1. The Bertz CT molecular complexity index is 438. The van der Waals surface area contributed by atoms with Gasteiger partial charge in [-0.1, -0.05) is 27.2 Å². The zero-order chi connectivity index (χ0) is 11.4. The molecule has 0 bridgehead atoms. The predicted octanol–water partition coefficient (Wildman–Crippen LogP) is 2.32. The summed E-state index contributed by atoms with van der Waals surface area (Å²) >= 11 is 0. The molecule has 3 nitrogen and oxygen atoms in total. The van der Waals surface area contributed by atoms with E-state index < -0.39 is 0 Å². The highest BCUT2D eigenvalue weighted by atomic mass is 16.1. The molecule has 0 spiro atoms. The Hall–Kier alpha value is -1.56. The van der Waals surface area contributed by atoms with Crippen LogP contribution < -0.4 is 5.56 Å². The number of nitriles is 1. The number of pyridine rings is 1. The average molecular weight is 204 g/mol. The van der Waals surface area contributed by atoms with Crippen molar-refractivity contribution in [3.05, 3.63) is 33.2 Å². The number of hydrogen-bond acceptors (Lipinski definition) is 2. The zero-order valence-corrected chi connectivity index (χ0v) is 9.42. The lowest BCUT2D eigenvalue weighted by Gasteiger charge is -2.12. The number of aromatic nitrogens is 1. The molecule has 0 fully saturated rings. The van der Waals surface area contributed by atoms with Gasteiger partial charge in [-0.05, 0) is 23.5 Å². The van der Waals surface area contributed by atoms with Gasteiger partial charge in [0.2, 0.25) is 0 Å². The summed E-state index contributed by atoms with van der Waals surface area (Å²) < 4.78 is 0. The van der Waals surface area contributed by atoms with E-state index in [0.717, 1.165) is 24.0 Å². The van der Waals surface area contributed by atoms with E-state index in [-0.39, 0.29) is 17.0 Å². The standard InChI is InChI=1S/C12H16N2O/c1-4-5-9-7-14-12(15)10(6-13)11(9)8(2)3/h7-8H,4-5H2,1-3H3,(H,14,15). The molecule has 0 atom stereocenters. The van der Waals surface area contributed by atoms with Crippen LogP contribution >= 0.6 is 0 Å². The smallest absolute Gasteiger partial charge is 0.266 e. The number of nitrogens with one attached hydrogen (secondary N) is 1. The number of nitrogens with zero attached hydrogens (tertiary/aromatic N) is 1. The molecule has 0 unspecified atom stereocenters. The van der Waals surface area contributed by atoms with Crippen LogP contribution in [-0.2, 0) is 6.42 Å². The minimum Gasteiger partial charge on any atom is -0.328 e. The molecule has 0 amide bonds. The summed E-state index contributed by atoms with van der Waals surface area (Å²) in [6.07, 6.45) is 3.65. The van der Waals surface area contributed by atoms with Crippen molar-refractivity contribution in [2.75, 3.05) is 0 Å². The molecule has 1 rings (SSSR count). The highest BCUT2D eigenvalue weighted by Crippen LogP contribution is 2.21. The van der Waals surface area contributed by atoms with Gasteiger partial charge in [0.25, 0.3) is 5.56 Å². The first-order valence-corrected chi connectivity index (χ1v) is 5.26. The van der Waals surface area contributed by atoms with Gasteiger partial charge in [0.15, 0.2) is 0 Å². The molecule has 15 heavy (non-hydrogen) atoms. The molecule has 0 radical (unpaired) electrons. The molecule has 0 aromatic carbocycles. The molecule has 0 aliphatic rings. The number of H-pyrrole nitrogens is 1. The molecule has 3 heteroatoms. The van der Waals surface area contributed by atoms with Crippen molar-refractivity contribution < 1.29 is 0 Å². The maximum Gasteiger partial charge on any atom is 0.266 e. The fraction of sp³-hybridized carbons (Fsp3) is 0.500. The third kappa shape index (κ3) is 2.27. The quantitative estimate of drug-likeness (QED) is 0.821. The van der Waals surface area contributed by atoms with Crippen LogP contribution in [0.15, 0.2) is 11.0 Å². The lowest BCUT2D eigenvalue weighted by Crippen LogP contribution is -2.16. The first-order chi connectivity index (χ1) is 7.11. The Morgan fingerprint density at radius 2 is 2.20 bits per heavy atom. The predicted molar refractivity (Wildman–Crippen MR) is 59.9 cm³/mol. The first-order valence-electron chi connectivity index (χ1n) is 5.26. The van der Waals surface area contributed by atoms with Gasteiger partial charge in [0.1, 0.15) is 11.6 Å². The summed E-state index contributed by atoms with van der Waals surface area (Å²) in [7, 11) is 0. The Balaban J connectivity index is 3.44. The Labute approximate surface area is 89.8 Å². The van der Waals surface area contributed by atoms with Crippen molar-refractivity contribution in [1.29, 1.82) is 5.26 Å². The zero-order valence-electron chi connectivity index (χ0n) is 9.42. The molecule has 0 saturated heterocycles. The van der Waals surface area contributed by atoms with Crippen molar-refractivity contribution in [2.45, 2.75) is 39.5 Å². The third-order valence-corrected chi connectivity index (χ3v) is 2.43. The van der Waals surface area contributed by atoms with E-state index in [1.54, 1.807) is 6.20 Å². The van der Waals surface area contributed by atoms with Crippen molar-refractivity contribution in [3.63, 3.8) is 0 Å². The molecule has 80 valence electrons. The van der Waals surface area contributed by atoms with Crippen molar-refractivity contribution in [1.82, 2.24) is 4.98 Å². The Morgan fingerprint density at radius 3 is 2.67 bits per heavy atom. The lowest BCUT2D eigenvalue weighted by atomic mass is 9.92. The molecule has 1 aromatic heterocycles. The summed E-state index contributed by atoms with van der Waals surface area (Å²) in [6.45, 7) is 6.10. The van der Waals surface area contributed by atoms with Gasteiger partial charge in [0.05, 0.1) is 0 Å². The maximum absolute atomic E-state index is 11.5. The minimum atomic E-state index is -0.277. The normalized spacial score (nSPS) is 10.3. The first kappa shape index (κ1) is 11.5. The molecule has 0 saturated carbocycles. The van der Waals surface area contributed by atoms with Gasteiger partial charge in [0, 0.05) is 6.20 Å². The van der Waals surface area contributed by atoms with Crippen LogP contribution in [-0.4, -0.2) is 4.98 Å². The van der Waals surface area contributed by atoms with Crippen LogP contribution in [0.4, 0.5) is 0 Å². The maximum atomic E-state index is 11.5. The second kappa shape index (κ2) is 4.79. The fourth-order valence-electron chi connectivity index (χ4n) is 1.83. The molecule has 1 aromatic rings. The van der Waals surface area contributed by atoms with Crippen LogP contribution in [0.1, 0.15) is 49.8 Å². The van der Waals surface area contributed by atoms with E-state index in [1.807, 2.05) is 19.9 Å². The lowest BCUT2D eigenvalue weighted by molar-refractivity contribution is 0.806. The van der Waals surface area contributed by atoms with E-state index >= 15 is 0 Å². The molecule has 0 aliphatic heterocycles. The van der Waals surface area contributed by atoms with Crippen molar-refractivity contribution in [2.24, 2.45) is 0 Å². The van der Waals surface area contributed by atoms with Gasteiger partial charge >= 0.3 is 0 Å². The van der Waals surface area contributed by atoms with Crippen LogP contribution in [0.25, 0.3) is 0 Å². The number of hydrogen-bond donors (Lipinski definition) is 1. The fourth-order valence-corrected chi connectivity index (χ4v) is 1.83. The third-order valence-electron chi connectivity index (χ3n) is 2.43. The van der Waals surface area contributed by atoms with E-state index in [9.17, 15) is 4.79 Å². The van der Waals surface area contributed by atoms with Crippen LogP contribution in [0, 0.1) is 11.3 Å². The van der Waals surface area contributed by atoms with Crippen LogP contribution in [0.2, 0.25) is 0 Å². The summed E-state index contributed by atoms with van der Waals surface area (Å²) in [6, 6.07) is 2.00. The van der Waals surface area contributed by atoms with Gasteiger partial charge in [-0.3, -0.25) is 4.79 Å². The van der Waals surface area contributed by atoms with Crippen LogP contribution in [0.5, 0.6) is 0 Å². The second-order valence-corrected chi connectivity index (χ2v) is 3.95. The summed E-state index contributed by atoms with van der Waals surface area (Å²) in [5, 5.41) is 8.97. The molecular weight excluding hydrogens is 188 g/mol. The van der Waals surface area contributed by atoms with Gasteiger partial charge in [-0.15, -0.1) is 0 Å². The topological polar surface area (TPSA) is 56.6 Å². The van der Waals surface area contributed by atoms with Gasteiger partial charge in [-0.25, -0.2) is 0 Å². The van der Waals surface area contributed by atoms with Gasteiger partial charge < -0.3 is 4.98 Å². The SMILES string of the molecule is CCCc1c[nH]c(=O)c(C#N)c1C(C)C. The van der Waals surface area contributed by atoms with E-state index in [4.69, 9.17) is 5.26 Å². The highest BCUT2D eigenvalue weighted by Gasteiger charge is 2.14. The van der Waals surface area contributed by atoms with E-state index in [1.165, 1.54) is 0 Å². The molecule has 1 N–H and O–H groups in total. The average Bonchev–Trinajstić information content (AvgIpc) is 2.20. The Kier molecular flexibility index (Phi) is 3.68. The molecule has 0 aliphatic carbocycles. The second-order valence-electron chi connectivity index (χ2n) is 3.95. The monoisotopic (exact) mass is 204 g/mol. The van der Waals surface area contributed by atoms with Crippen molar-refractivity contribution in [3.8, 4) is 6.07 Å². The largest absolute Gasteiger partial charge is 0.328 e. The summed E-state index contributed by atoms with van der Waals surface area (Å²) in [5.41, 5.74) is 1.99. The van der Waals surface area contributed by atoms with Crippen molar-refractivity contribution >= 4 is 0 Å².